The Balaban J connectivity index is 1.89. The fraction of sp³-hybridized carbons (Fsp3) is 0.176. The first kappa shape index (κ1) is 17.3. The van der Waals surface area contributed by atoms with Crippen molar-refractivity contribution < 1.29 is 14.3 Å². The van der Waals surface area contributed by atoms with Crippen LogP contribution in [0.5, 0.6) is 0 Å². The summed E-state index contributed by atoms with van der Waals surface area (Å²) in [6, 6.07) is 11.7. The van der Waals surface area contributed by atoms with Gasteiger partial charge in [-0.2, -0.15) is 0 Å². The van der Waals surface area contributed by atoms with Crippen molar-refractivity contribution in [2.75, 3.05) is 11.9 Å². The number of carbonyl (C=O) groups is 2. The lowest BCUT2D eigenvalue weighted by Gasteiger charge is -2.08. The predicted molar refractivity (Wildman–Crippen MR) is 91.2 cm³/mol. The summed E-state index contributed by atoms with van der Waals surface area (Å²) < 4.78 is 4.98. The normalized spacial score (nSPS) is 10.2. The molecule has 2 rings (SSSR count). The quantitative estimate of drug-likeness (QED) is 0.814. The molecule has 0 spiro atoms. The standard InChI is InChI=1S/C17H15Cl2NO3/c1-2-11-3-5-12(6-4-11)17(22)23-10-16(21)20-15-8-7-13(18)9-14(15)19/h3-9H,2,10H2,1H3,(H,20,21). The average molecular weight is 352 g/mol. The number of aryl methyl sites for hydroxylation is 1. The number of amides is 1. The number of benzene rings is 2. The highest BCUT2D eigenvalue weighted by molar-refractivity contribution is 6.36. The van der Waals surface area contributed by atoms with E-state index in [-0.39, 0.29) is 0 Å². The summed E-state index contributed by atoms with van der Waals surface area (Å²) >= 11 is 11.7. The Morgan fingerprint density at radius 1 is 1.09 bits per heavy atom. The highest BCUT2D eigenvalue weighted by atomic mass is 35.5. The summed E-state index contributed by atoms with van der Waals surface area (Å²) in [5.74, 6) is -1.03. The highest BCUT2D eigenvalue weighted by Gasteiger charge is 2.11. The van der Waals surface area contributed by atoms with E-state index in [1.54, 1.807) is 24.3 Å². The van der Waals surface area contributed by atoms with Crippen molar-refractivity contribution in [3.05, 3.63) is 63.6 Å². The number of hydrogen-bond acceptors (Lipinski definition) is 3. The van der Waals surface area contributed by atoms with Gasteiger partial charge in [0.05, 0.1) is 16.3 Å². The molecule has 6 heteroatoms. The van der Waals surface area contributed by atoms with Crippen molar-refractivity contribution in [3.63, 3.8) is 0 Å². The first-order chi connectivity index (χ1) is 11.0. The second kappa shape index (κ2) is 7.99. The van der Waals surface area contributed by atoms with E-state index in [4.69, 9.17) is 27.9 Å². The van der Waals surface area contributed by atoms with Crippen LogP contribution in [0.4, 0.5) is 5.69 Å². The number of esters is 1. The molecule has 2 aromatic rings. The molecule has 0 radical (unpaired) electrons. The van der Waals surface area contributed by atoms with Gasteiger partial charge in [-0.25, -0.2) is 4.79 Å². The van der Waals surface area contributed by atoms with E-state index in [0.717, 1.165) is 12.0 Å². The number of anilines is 1. The zero-order valence-electron chi connectivity index (χ0n) is 12.4. The van der Waals surface area contributed by atoms with Crippen LogP contribution in [0.3, 0.4) is 0 Å². The fourth-order valence-corrected chi connectivity index (χ4v) is 2.32. The summed E-state index contributed by atoms with van der Waals surface area (Å²) in [4.78, 5) is 23.7. The first-order valence-electron chi connectivity index (χ1n) is 7.00. The van der Waals surface area contributed by atoms with Crippen molar-refractivity contribution >= 4 is 40.8 Å². The third-order valence-corrected chi connectivity index (χ3v) is 3.69. The molecule has 1 N–H and O–H groups in total. The Morgan fingerprint density at radius 3 is 2.39 bits per heavy atom. The van der Waals surface area contributed by atoms with Crippen molar-refractivity contribution in [2.24, 2.45) is 0 Å². The Hall–Kier alpha value is -2.04. The fourth-order valence-electron chi connectivity index (χ4n) is 1.87. The summed E-state index contributed by atoms with van der Waals surface area (Å²) in [6.45, 7) is 1.63. The van der Waals surface area contributed by atoms with Crippen LogP contribution in [0.25, 0.3) is 0 Å². The molecule has 4 nitrogen and oxygen atoms in total. The molecule has 0 aliphatic rings. The molecule has 0 atom stereocenters. The van der Waals surface area contributed by atoms with E-state index in [9.17, 15) is 9.59 Å². The van der Waals surface area contributed by atoms with E-state index in [2.05, 4.69) is 5.32 Å². The van der Waals surface area contributed by atoms with Crippen LogP contribution in [0, 0.1) is 0 Å². The molecule has 0 fully saturated rings. The highest BCUT2D eigenvalue weighted by Crippen LogP contribution is 2.25. The molecule has 0 unspecified atom stereocenters. The summed E-state index contributed by atoms with van der Waals surface area (Å²) in [5, 5.41) is 3.34. The smallest absolute Gasteiger partial charge is 0.338 e. The monoisotopic (exact) mass is 351 g/mol. The number of halogens is 2. The summed E-state index contributed by atoms with van der Waals surface area (Å²) in [7, 11) is 0. The third kappa shape index (κ3) is 4.98. The van der Waals surface area contributed by atoms with Gasteiger partial charge in [0.1, 0.15) is 0 Å². The minimum Gasteiger partial charge on any atom is -0.452 e. The van der Waals surface area contributed by atoms with E-state index < -0.39 is 18.5 Å². The maximum absolute atomic E-state index is 11.9. The molecule has 0 saturated carbocycles. The van der Waals surface area contributed by atoms with Crippen LogP contribution >= 0.6 is 23.2 Å². The molecule has 23 heavy (non-hydrogen) atoms. The van der Waals surface area contributed by atoms with Gasteiger partial charge in [0.25, 0.3) is 5.91 Å². The second-order valence-electron chi connectivity index (χ2n) is 4.80. The molecular weight excluding hydrogens is 337 g/mol. The first-order valence-corrected chi connectivity index (χ1v) is 7.76. The number of rotatable bonds is 5. The van der Waals surface area contributed by atoms with Crippen LogP contribution in [0.15, 0.2) is 42.5 Å². The van der Waals surface area contributed by atoms with E-state index in [1.807, 2.05) is 19.1 Å². The lowest BCUT2D eigenvalue weighted by atomic mass is 10.1. The van der Waals surface area contributed by atoms with Crippen LogP contribution < -0.4 is 5.32 Å². The number of ether oxygens (including phenoxy) is 1. The molecule has 120 valence electrons. The minimum atomic E-state index is -0.551. The molecule has 0 aromatic heterocycles. The molecule has 0 bridgehead atoms. The Bertz CT molecular complexity index is 714. The lowest BCUT2D eigenvalue weighted by Crippen LogP contribution is -2.21. The van der Waals surface area contributed by atoms with E-state index >= 15 is 0 Å². The van der Waals surface area contributed by atoms with Crippen molar-refractivity contribution in [1.29, 1.82) is 0 Å². The van der Waals surface area contributed by atoms with Gasteiger partial charge < -0.3 is 10.1 Å². The molecule has 0 aliphatic carbocycles. The van der Waals surface area contributed by atoms with Crippen LogP contribution in [-0.4, -0.2) is 18.5 Å². The van der Waals surface area contributed by atoms with Gasteiger partial charge in [-0.1, -0.05) is 42.3 Å². The van der Waals surface area contributed by atoms with Crippen molar-refractivity contribution in [2.45, 2.75) is 13.3 Å². The molecule has 0 heterocycles. The van der Waals surface area contributed by atoms with E-state index in [0.29, 0.717) is 21.3 Å². The van der Waals surface area contributed by atoms with Gasteiger partial charge in [0.15, 0.2) is 6.61 Å². The van der Waals surface area contributed by atoms with Crippen molar-refractivity contribution in [1.82, 2.24) is 0 Å². The number of carbonyl (C=O) groups excluding carboxylic acids is 2. The largest absolute Gasteiger partial charge is 0.452 e. The lowest BCUT2D eigenvalue weighted by molar-refractivity contribution is -0.119. The zero-order chi connectivity index (χ0) is 16.8. The topological polar surface area (TPSA) is 55.4 Å². The Kier molecular flexibility index (Phi) is 6.02. The third-order valence-electron chi connectivity index (χ3n) is 3.14. The zero-order valence-corrected chi connectivity index (χ0v) is 13.9. The molecule has 0 aliphatic heterocycles. The van der Waals surface area contributed by atoms with Crippen LogP contribution in [0.1, 0.15) is 22.8 Å². The second-order valence-corrected chi connectivity index (χ2v) is 5.64. The summed E-state index contributed by atoms with van der Waals surface area (Å²) in [5.41, 5.74) is 1.93. The average Bonchev–Trinajstić information content (AvgIpc) is 2.55. The summed E-state index contributed by atoms with van der Waals surface area (Å²) in [6.07, 6.45) is 0.888. The van der Waals surface area contributed by atoms with Gasteiger partial charge in [-0.3, -0.25) is 4.79 Å². The SMILES string of the molecule is CCc1ccc(C(=O)OCC(=O)Nc2ccc(Cl)cc2Cl)cc1. The molecule has 1 amide bonds. The van der Waals surface area contributed by atoms with Gasteiger partial charge in [0, 0.05) is 5.02 Å². The molecular formula is C17H15Cl2NO3. The predicted octanol–water partition coefficient (Wildman–Crippen LogP) is 4.35. The van der Waals surface area contributed by atoms with Crippen LogP contribution in [-0.2, 0) is 16.0 Å². The Morgan fingerprint density at radius 2 is 1.78 bits per heavy atom. The van der Waals surface area contributed by atoms with Gasteiger partial charge in [-0.05, 0) is 42.3 Å². The van der Waals surface area contributed by atoms with Gasteiger partial charge in [-0.15, -0.1) is 0 Å². The van der Waals surface area contributed by atoms with Crippen LogP contribution in [0.2, 0.25) is 10.0 Å². The minimum absolute atomic E-state index is 0.312. The number of hydrogen-bond donors (Lipinski definition) is 1. The maximum atomic E-state index is 11.9. The van der Waals surface area contributed by atoms with Crippen molar-refractivity contribution in [3.8, 4) is 0 Å². The maximum Gasteiger partial charge on any atom is 0.338 e. The van der Waals surface area contributed by atoms with E-state index in [1.165, 1.54) is 6.07 Å². The molecule has 2 aromatic carbocycles. The van der Waals surface area contributed by atoms with Gasteiger partial charge in [0.2, 0.25) is 0 Å². The Labute approximate surface area is 144 Å². The van der Waals surface area contributed by atoms with Gasteiger partial charge >= 0.3 is 5.97 Å². The number of nitrogens with one attached hydrogen (secondary N) is 1. The molecule has 0 saturated heterocycles.